The molecule has 1 amide bonds. The van der Waals surface area contributed by atoms with Crippen LogP contribution in [0.5, 0.6) is 17.5 Å². The number of rotatable bonds is 11. The van der Waals surface area contributed by atoms with E-state index in [1.807, 2.05) is 0 Å². The molecule has 1 aliphatic carbocycles. The fraction of sp³-hybridized carbons (Fsp3) is 0.308. The summed E-state index contributed by atoms with van der Waals surface area (Å²) < 4.78 is 46.3. The smallest absolute Gasteiger partial charge is 0.339 e. The number of amides is 1. The SMILES string of the molecule is COC[C@@H](C)Oc1cc(C(=O)Nc2ccc(C(=O)OC)cn2)cc(Oc2ccc(S(=O)(=O)C3CC3)cc2)n1. The van der Waals surface area contributed by atoms with Crippen LogP contribution < -0.4 is 14.8 Å². The lowest BCUT2D eigenvalue weighted by Gasteiger charge is -2.15. The molecular formula is C26H27N3O8S. The van der Waals surface area contributed by atoms with Crippen LogP contribution in [0, 0.1) is 0 Å². The second kappa shape index (κ2) is 11.6. The minimum atomic E-state index is -3.33. The Kier molecular flexibility index (Phi) is 8.23. The van der Waals surface area contributed by atoms with Gasteiger partial charge < -0.3 is 24.3 Å². The molecule has 0 bridgehead atoms. The van der Waals surface area contributed by atoms with Crippen LogP contribution in [0.1, 0.15) is 40.5 Å². The lowest BCUT2D eigenvalue weighted by atomic mass is 10.2. The van der Waals surface area contributed by atoms with Gasteiger partial charge in [-0.05, 0) is 56.2 Å². The molecular weight excluding hydrogens is 514 g/mol. The molecule has 0 spiro atoms. The normalized spacial score (nSPS) is 13.9. The van der Waals surface area contributed by atoms with E-state index in [0.717, 1.165) is 0 Å². The van der Waals surface area contributed by atoms with Crippen molar-refractivity contribution < 1.29 is 37.0 Å². The predicted octanol–water partition coefficient (Wildman–Crippen LogP) is 3.66. The van der Waals surface area contributed by atoms with E-state index in [1.165, 1.54) is 68.9 Å². The van der Waals surface area contributed by atoms with E-state index in [9.17, 15) is 18.0 Å². The highest BCUT2D eigenvalue weighted by Gasteiger charge is 2.36. The lowest BCUT2D eigenvalue weighted by Crippen LogP contribution is -2.19. The predicted molar refractivity (Wildman–Crippen MR) is 136 cm³/mol. The molecule has 1 N–H and O–H groups in total. The van der Waals surface area contributed by atoms with Crippen molar-refractivity contribution in [1.82, 2.24) is 9.97 Å². The first-order valence-electron chi connectivity index (χ1n) is 11.7. The minimum absolute atomic E-state index is 0.0593. The summed E-state index contributed by atoms with van der Waals surface area (Å²) >= 11 is 0. The van der Waals surface area contributed by atoms with E-state index in [-0.39, 0.29) is 45.0 Å². The third-order valence-corrected chi connectivity index (χ3v) is 7.81. The zero-order chi connectivity index (χ0) is 27.3. The van der Waals surface area contributed by atoms with Crippen molar-refractivity contribution in [3.05, 3.63) is 65.9 Å². The van der Waals surface area contributed by atoms with Crippen LogP contribution in [0.3, 0.4) is 0 Å². The number of esters is 1. The lowest BCUT2D eigenvalue weighted by molar-refractivity contribution is 0.0600. The van der Waals surface area contributed by atoms with Gasteiger partial charge in [0, 0.05) is 25.4 Å². The maximum absolute atomic E-state index is 13.0. The molecule has 3 aromatic rings. The zero-order valence-electron chi connectivity index (χ0n) is 21.0. The van der Waals surface area contributed by atoms with Crippen molar-refractivity contribution in [3.63, 3.8) is 0 Å². The van der Waals surface area contributed by atoms with Crippen LogP contribution in [-0.2, 0) is 19.3 Å². The van der Waals surface area contributed by atoms with Crippen molar-refractivity contribution in [3.8, 4) is 17.5 Å². The Bertz CT molecular complexity index is 1410. The van der Waals surface area contributed by atoms with Crippen LogP contribution in [0.2, 0.25) is 0 Å². The molecule has 1 aromatic carbocycles. The van der Waals surface area contributed by atoms with Gasteiger partial charge in [-0.2, -0.15) is 4.98 Å². The highest BCUT2D eigenvalue weighted by Crippen LogP contribution is 2.34. The number of hydrogen-bond acceptors (Lipinski definition) is 10. The summed E-state index contributed by atoms with van der Waals surface area (Å²) in [6.07, 6.45) is 2.28. The third kappa shape index (κ3) is 6.64. The number of carbonyl (C=O) groups excluding carboxylic acids is 2. The van der Waals surface area contributed by atoms with Crippen LogP contribution in [0.25, 0.3) is 0 Å². The largest absolute Gasteiger partial charge is 0.472 e. The summed E-state index contributed by atoms with van der Waals surface area (Å²) in [4.78, 5) is 33.2. The number of aromatic nitrogens is 2. The Hall–Kier alpha value is -4.03. The van der Waals surface area contributed by atoms with E-state index < -0.39 is 21.7 Å². The number of nitrogens with one attached hydrogen (secondary N) is 1. The number of ether oxygens (including phenoxy) is 4. The fourth-order valence-corrected chi connectivity index (χ4v) is 5.14. The van der Waals surface area contributed by atoms with Crippen molar-refractivity contribution >= 4 is 27.5 Å². The van der Waals surface area contributed by atoms with Crippen LogP contribution in [0.15, 0.2) is 59.6 Å². The quantitative estimate of drug-likeness (QED) is 0.357. The molecule has 0 unspecified atom stereocenters. The zero-order valence-corrected chi connectivity index (χ0v) is 21.9. The second-order valence-corrected chi connectivity index (χ2v) is 10.8. The summed E-state index contributed by atoms with van der Waals surface area (Å²) in [7, 11) is -0.524. The van der Waals surface area contributed by atoms with Crippen LogP contribution in [0.4, 0.5) is 5.82 Å². The second-order valence-electron chi connectivity index (χ2n) is 8.61. The van der Waals surface area contributed by atoms with Crippen LogP contribution >= 0.6 is 0 Å². The number of carbonyl (C=O) groups is 2. The number of nitrogens with zero attached hydrogens (tertiary/aromatic N) is 2. The van der Waals surface area contributed by atoms with E-state index in [2.05, 4.69) is 20.0 Å². The van der Waals surface area contributed by atoms with Crippen molar-refractivity contribution in [2.45, 2.75) is 36.0 Å². The monoisotopic (exact) mass is 541 g/mol. The number of sulfone groups is 1. The third-order valence-electron chi connectivity index (χ3n) is 5.53. The highest BCUT2D eigenvalue weighted by atomic mass is 32.2. The number of anilines is 1. The topological polar surface area (TPSA) is 143 Å². The Morgan fingerprint density at radius 2 is 1.74 bits per heavy atom. The molecule has 1 aliphatic rings. The Morgan fingerprint density at radius 1 is 1.03 bits per heavy atom. The number of hydrogen-bond donors (Lipinski definition) is 1. The molecule has 38 heavy (non-hydrogen) atoms. The minimum Gasteiger partial charge on any atom is -0.472 e. The molecule has 200 valence electrons. The standard InChI is InChI=1S/C26H27N3O8S/c1-16(15-34-2)36-23-12-18(25(30)28-22-11-4-17(14-27-22)26(31)35-3)13-24(29-23)37-19-5-7-20(8-6-19)38(32,33)21-9-10-21/h4-8,11-14,16,21H,9-10,15H2,1-3H3,(H,27,28,30)/t16-/m1/s1. The molecule has 2 aromatic heterocycles. The maximum atomic E-state index is 13.0. The van der Waals surface area contributed by atoms with Gasteiger partial charge in [-0.1, -0.05) is 0 Å². The molecule has 1 atom stereocenters. The Balaban J connectivity index is 1.55. The highest BCUT2D eigenvalue weighted by molar-refractivity contribution is 7.92. The molecule has 11 nitrogen and oxygen atoms in total. The molecule has 4 rings (SSSR count). The molecule has 12 heteroatoms. The number of methoxy groups -OCH3 is 2. The molecule has 1 fully saturated rings. The summed E-state index contributed by atoms with van der Waals surface area (Å²) in [5, 5.41) is 2.33. The van der Waals surface area contributed by atoms with E-state index >= 15 is 0 Å². The van der Waals surface area contributed by atoms with Gasteiger partial charge in [0.1, 0.15) is 17.7 Å². The fourth-order valence-electron chi connectivity index (χ4n) is 3.48. The Morgan fingerprint density at radius 3 is 2.34 bits per heavy atom. The first kappa shape index (κ1) is 27.0. The summed E-state index contributed by atoms with van der Waals surface area (Å²) in [5.41, 5.74) is 0.408. The summed E-state index contributed by atoms with van der Waals surface area (Å²) in [5.74, 6) is -0.337. The van der Waals surface area contributed by atoms with Gasteiger partial charge in [0.05, 0.1) is 35.0 Å². The van der Waals surface area contributed by atoms with Crippen molar-refractivity contribution in [2.24, 2.45) is 0 Å². The van der Waals surface area contributed by atoms with Gasteiger partial charge in [0.2, 0.25) is 11.8 Å². The molecule has 2 heterocycles. The van der Waals surface area contributed by atoms with E-state index in [4.69, 9.17) is 14.2 Å². The number of benzene rings is 1. The van der Waals surface area contributed by atoms with Gasteiger partial charge in [-0.15, -0.1) is 0 Å². The van der Waals surface area contributed by atoms with Gasteiger partial charge in [0.25, 0.3) is 5.91 Å². The summed E-state index contributed by atoms with van der Waals surface area (Å²) in [6.45, 7) is 2.08. The summed E-state index contributed by atoms with van der Waals surface area (Å²) in [6, 6.07) is 11.8. The van der Waals surface area contributed by atoms with Gasteiger partial charge in [-0.25, -0.2) is 18.2 Å². The van der Waals surface area contributed by atoms with Crippen molar-refractivity contribution in [1.29, 1.82) is 0 Å². The first-order chi connectivity index (χ1) is 18.2. The Labute approximate surface area is 220 Å². The van der Waals surface area contributed by atoms with Gasteiger partial charge in [0.15, 0.2) is 9.84 Å². The van der Waals surface area contributed by atoms with Crippen LogP contribution in [-0.4, -0.2) is 62.4 Å². The van der Waals surface area contributed by atoms with Gasteiger partial charge in [-0.3, -0.25) is 4.79 Å². The molecule has 1 saturated carbocycles. The number of pyridine rings is 2. The van der Waals surface area contributed by atoms with Crippen molar-refractivity contribution in [2.75, 3.05) is 26.1 Å². The first-order valence-corrected chi connectivity index (χ1v) is 13.3. The maximum Gasteiger partial charge on any atom is 0.339 e. The van der Waals surface area contributed by atoms with Gasteiger partial charge >= 0.3 is 5.97 Å². The average Bonchev–Trinajstić information content (AvgIpc) is 3.75. The molecule has 0 saturated heterocycles. The molecule has 0 aliphatic heterocycles. The average molecular weight is 542 g/mol. The van der Waals surface area contributed by atoms with E-state index in [0.29, 0.717) is 25.2 Å². The van der Waals surface area contributed by atoms with E-state index in [1.54, 1.807) is 6.92 Å². The molecule has 0 radical (unpaired) electrons.